The minimum Gasteiger partial charge on any atom is -0.376 e. The molecule has 2 amide bonds. The van der Waals surface area contributed by atoms with Crippen molar-refractivity contribution in [3.8, 4) is 0 Å². The average molecular weight is 432 g/mol. The molecule has 3 unspecified atom stereocenters. The predicted octanol–water partition coefficient (Wildman–Crippen LogP) is 2.97. The van der Waals surface area contributed by atoms with Crippen LogP contribution < -0.4 is 16.4 Å². The molecule has 1 aliphatic heterocycles. The molecule has 0 radical (unpaired) electrons. The van der Waals surface area contributed by atoms with Crippen molar-refractivity contribution in [3.63, 3.8) is 0 Å². The number of hydrogen-bond acceptors (Lipinski definition) is 4. The second-order valence-corrected chi connectivity index (χ2v) is 7.49. The zero-order valence-electron chi connectivity index (χ0n) is 17.2. The molecule has 1 saturated heterocycles. The fourth-order valence-electron chi connectivity index (χ4n) is 3.41. The zero-order valence-corrected chi connectivity index (χ0v) is 18.0. The Morgan fingerprint density at radius 3 is 2.60 bits per heavy atom. The summed E-state index contributed by atoms with van der Waals surface area (Å²) in [7, 11) is 0. The van der Waals surface area contributed by atoms with Gasteiger partial charge in [-0.25, -0.2) is 0 Å². The summed E-state index contributed by atoms with van der Waals surface area (Å²) in [6.07, 6.45) is 2.13. The van der Waals surface area contributed by atoms with Crippen LogP contribution in [0.3, 0.4) is 0 Å². The number of carbonyl (C=O) groups is 2. The highest BCUT2D eigenvalue weighted by Gasteiger charge is 2.22. The lowest BCUT2D eigenvalue weighted by Gasteiger charge is -2.20. The molecule has 0 aromatic heterocycles. The van der Waals surface area contributed by atoms with Crippen molar-refractivity contribution in [2.75, 3.05) is 13.2 Å². The summed E-state index contributed by atoms with van der Waals surface area (Å²) in [5.74, 6) is -0.613. The molecule has 162 valence electrons. The molecule has 1 aliphatic rings. The quantitative estimate of drug-likeness (QED) is 0.599. The van der Waals surface area contributed by atoms with Crippen LogP contribution in [0.1, 0.15) is 47.3 Å². The first kappa shape index (κ1) is 23.9. The SMILES string of the molecule is CC(C(=O)NCc1cccc(C(=O)NCC2CCCO2)c1)C(N)c1ccccc1.Cl. The van der Waals surface area contributed by atoms with Crippen molar-refractivity contribution in [2.24, 2.45) is 11.7 Å². The Kier molecular flexibility index (Phi) is 9.30. The topological polar surface area (TPSA) is 93.5 Å². The lowest BCUT2D eigenvalue weighted by atomic mass is 9.94. The average Bonchev–Trinajstić information content (AvgIpc) is 3.29. The van der Waals surface area contributed by atoms with E-state index in [1.807, 2.05) is 49.4 Å². The number of nitrogens with two attached hydrogens (primary N) is 1. The van der Waals surface area contributed by atoms with Gasteiger partial charge in [0.25, 0.3) is 5.91 Å². The summed E-state index contributed by atoms with van der Waals surface area (Å²) in [5.41, 5.74) is 8.60. The van der Waals surface area contributed by atoms with Gasteiger partial charge in [0.1, 0.15) is 0 Å². The number of benzene rings is 2. The van der Waals surface area contributed by atoms with Crippen molar-refractivity contribution < 1.29 is 14.3 Å². The maximum Gasteiger partial charge on any atom is 0.251 e. The molecule has 3 atom stereocenters. The van der Waals surface area contributed by atoms with Crippen molar-refractivity contribution in [1.82, 2.24) is 10.6 Å². The van der Waals surface area contributed by atoms with Crippen LogP contribution in [0.4, 0.5) is 0 Å². The van der Waals surface area contributed by atoms with Gasteiger partial charge in [-0.2, -0.15) is 0 Å². The molecule has 30 heavy (non-hydrogen) atoms. The van der Waals surface area contributed by atoms with E-state index in [1.165, 1.54) is 0 Å². The standard InChI is InChI=1S/C23H29N3O3.ClH/c1-16(21(24)18-8-3-2-4-9-18)22(27)25-14-17-7-5-10-19(13-17)23(28)26-15-20-11-6-12-29-20;/h2-5,7-10,13,16,20-21H,6,11-12,14-15,24H2,1H3,(H,25,27)(H,26,28);1H. The Bertz CT molecular complexity index is 825. The molecule has 1 heterocycles. The van der Waals surface area contributed by atoms with Gasteiger partial charge >= 0.3 is 0 Å². The number of ether oxygens (including phenoxy) is 1. The first-order chi connectivity index (χ1) is 14.0. The van der Waals surface area contributed by atoms with Gasteiger partial charge in [0, 0.05) is 31.3 Å². The van der Waals surface area contributed by atoms with Gasteiger partial charge in [0.15, 0.2) is 0 Å². The second kappa shape index (κ2) is 11.7. The van der Waals surface area contributed by atoms with Crippen LogP contribution in [0, 0.1) is 5.92 Å². The molecule has 2 aromatic rings. The molecule has 1 fully saturated rings. The highest BCUT2D eigenvalue weighted by atomic mass is 35.5. The van der Waals surface area contributed by atoms with E-state index >= 15 is 0 Å². The fraction of sp³-hybridized carbons (Fsp3) is 0.391. The highest BCUT2D eigenvalue weighted by molar-refractivity contribution is 5.94. The molecule has 4 N–H and O–H groups in total. The molecular formula is C23H30ClN3O3. The molecule has 3 rings (SSSR count). The number of halogens is 1. The van der Waals surface area contributed by atoms with Crippen LogP contribution in [-0.2, 0) is 16.1 Å². The van der Waals surface area contributed by atoms with Gasteiger partial charge in [-0.3, -0.25) is 9.59 Å². The van der Waals surface area contributed by atoms with E-state index in [9.17, 15) is 9.59 Å². The molecule has 2 aromatic carbocycles. The van der Waals surface area contributed by atoms with E-state index in [1.54, 1.807) is 12.1 Å². The number of rotatable bonds is 8. The second-order valence-electron chi connectivity index (χ2n) is 7.49. The first-order valence-corrected chi connectivity index (χ1v) is 10.1. The van der Waals surface area contributed by atoms with Gasteiger partial charge in [0.05, 0.1) is 12.0 Å². The third-order valence-electron chi connectivity index (χ3n) is 5.31. The normalized spacial score (nSPS) is 17.5. The summed E-state index contributed by atoms with van der Waals surface area (Å²) in [5, 5.41) is 5.84. The Morgan fingerprint density at radius 1 is 1.13 bits per heavy atom. The minimum atomic E-state index is -0.369. The molecule has 7 heteroatoms. The van der Waals surface area contributed by atoms with Gasteiger partial charge in [0.2, 0.25) is 5.91 Å². The van der Waals surface area contributed by atoms with Gasteiger partial charge in [-0.05, 0) is 36.1 Å². The third-order valence-corrected chi connectivity index (χ3v) is 5.31. The third kappa shape index (κ3) is 6.55. The summed E-state index contributed by atoms with van der Waals surface area (Å²) >= 11 is 0. The Morgan fingerprint density at radius 2 is 1.90 bits per heavy atom. The van der Waals surface area contributed by atoms with Crippen LogP contribution in [0.25, 0.3) is 0 Å². The van der Waals surface area contributed by atoms with Crippen LogP contribution in [0.5, 0.6) is 0 Å². The van der Waals surface area contributed by atoms with E-state index < -0.39 is 0 Å². The van der Waals surface area contributed by atoms with Crippen LogP contribution >= 0.6 is 12.4 Å². The Hall–Kier alpha value is -2.41. The minimum absolute atomic E-state index is 0. The summed E-state index contributed by atoms with van der Waals surface area (Å²) in [6, 6.07) is 16.5. The number of nitrogens with one attached hydrogen (secondary N) is 2. The van der Waals surface area contributed by atoms with Crippen LogP contribution in [0.2, 0.25) is 0 Å². The first-order valence-electron chi connectivity index (χ1n) is 10.1. The van der Waals surface area contributed by atoms with Gasteiger partial charge in [-0.1, -0.05) is 49.4 Å². The molecular weight excluding hydrogens is 402 g/mol. The molecule has 0 saturated carbocycles. The lowest BCUT2D eigenvalue weighted by molar-refractivity contribution is -0.125. The molecule has 0 bridgehead atoms. The Labute approximate surface area is 184 Å². The molecule has 0 aliphatic carbocycles. The highest BCUT2D eigenvalue weighted by Crippen LogP contribution is 2.19. The van der Waals surface area contributed by atoms with Crippen LogP contribution in [0.15, 0.2) is 54.6 Å². The fourth-order valence-corrected chi connectivity index (χ4v) is 3.41. The zero-order chi connectivity index (χ0) is 20.6. The van der Waals surface area contributed by atoms with Gasteiger partial charge < -0.3 is 21.1 Å². The number of hydrogen-bond donors (Lipinski definition) is 3. The monoisotopic (exact) mass is 431 g/mol. The van der Waals surface area contributed by atoms with E-state index in [0.29, 0.717) is 18.7 Å². The maximum absolute atomic E-state index is 12.5. The van der Waals surface area contributed by atoms with Crippen molar-refractivity contribution in [3.05, 3.63) is 71.3 Å². The van der Waals surface area contributed by atoms with E-state index in [2.05, 4.69) is 10.6 Å². The maximum atomic E-state index is 12.5. The molecule has 6 nitrogen and oxygen atoms in total. The smallest absolute Gasteiger partial charge is 0.251 e. The van der Waals surface area contributed by atoms with Crippen molar-refractivity contribution >= 4 is 24.2 Å². The number of amides is 2. The largest absolute Gasteiger partial charge is 0.376 e. The summed E-state index contributed by atoms with van der Waals surface area (Å²) in [6.45, 7) is 3.45. The predicted molar refractivity (Wildman–Crippen MR) is 119 cm³/mol. The summed E-state index contributed by atoms with van der Waals surface area (Å²) in [4.78, 5) is 24.9. The summed E-state index contributed by atoms with van der Waals surface area (Å²) < 4.78 is 5.53. The molecule has 0 spiro atoms. The Balaban J connectivity index is 0.00000320. The van der Waals surface area contributed by atoms with Crippen LogP contribution in [-0.4, -0.2) is 31.1 Å². The lowest BCUT2D eigenvalue weighted by Crippen LogP contribution is -2.35. The van der Waals surface area contributed by atoms with Gasteiger partial charge in [-0.15, -0.1) is 12.4 Å². The van der Waals surface area contributed by atoms with E-state index in [-0.39, 0.29) is 42.3 Å². The van der Waals surface area contributed by atoms with Crippen molar-refractivity contribution in [1.29, 1.82) is 0 Å². The van der Waals surface area contributed by atoms with E-state index in [0.717, 1.165) is 30.6 Å². The van der Waals surface area contributed by atoms with Crippen molar-refractivity contribution in [2.45, 2.75) is 38.5 Å². The van der Waals surface area contributed by atoms with E-state index in [4.69, 9.17) is 10.5 Å². The number of carbonyl (C=O) groups excluding carboxylic acids is 2.